The zero-order valence-corrected chi connectivity index (χ0v) is 17.8. The Labute approximate surface area is 181 Å². The standard InChI is InChI=1S/C23H24N2O5S/c1-17(19-8-5-9-22(14-19)31(24,27)28)25-23(26)16-30-21-12-10-20(11-13-21)29-15-18-6-3-2-4-7-18/h2-14,17H,15-16H2,1H3,(H,25,26)(H2,24,27,28). The first-order chi connectivity index (χ1) is 14.8. The van der Waals surface area contributed by atoms with Gasteiger partial charge in [-0.1, -0.05) is 42.5 Å². The van der Waals surface area contributed by atoms with E-state index in [1.165, 1.54) is 12.1 Å². The second kappa shape index (κ2) is 10.1. The lowest BCUT2D eigenvalue weighted by atomic mass is 10.1. The average molecular weight is 441 g/mol. The average Bonchev–Trinajstić information content (AvgIpc) is 2.77. The van der Waals surface area contributed by atoms with Crippen LogP contribution in [0.15, 0.2) is 83.8 Å². The number of amides is 1. The smallest absolute Gasteiger partial charge is 0.258 e. The second-order valence-corrected chi connectivity index (χ2v) is 8.50. The lowest BCUT2D eigenvalue weighted by Gasteiger charge is -2.15. The molecule has 0 saturated carbocycles. The molecule has 1 amide bonds. The minimum absolute atomic E-state index is 0.00285. The number of ether oxygens (including phenoxy) is 2. The number of hydrogen-bond acceptors (Lipinski definition) is 5. The molecule has 7 nitrogen and oxygen atoms in total. The van der Waals surface area contributed by atoms with Crippen LogP contribution in [0, 0.1) is 0 Å². The highest BCUT2D eigenvalue weighted by Crippen LogP contribution is 2.19. The second-order valence-electron chi connectivity index (χ2n) is 6.94. The SMILES string of the molecule is CC(NC(=O)COc1ccc(OCc2ccccc2)cc1)c1cccc(S(N)(=O)=O)c1. The van der Waals surface area contributed by atoms with Crippen LogP contribution in [0.3, 0.4) is 0 Å². The molecule has 0 aliphatic carbocycles. The predicted molar refractivity (Wildman–Crippen MR) is 117 cm³/mol. The Morgan fingerprint density at radius 3 is 2.23 bits per heavy atom. The van der Waals surface area contributed by atoms with Crippen molar-refractivity contribution < 1.29 is 22.7 Å². The normalized spacial score (nSPS) is 12.1. The van der Waals surface area contributed by atoms with E-state index >= 15 is 0 Å². The first-order valence-corrected chi connectivity index (χ1v) is 11.2. The Morgan fingerprint density at radius 2 is 1.58 bits per heavy atom. The number of hydrogen-bond donors (Lipinski definition) is 2. The molecule has 3 aromatic rings. The maximum absolute atomic E-state index is 12.2. The predicted octanol–water partition coefficient (Wildman–Crippen LogP) is 3.17. The molecule has 0 bridgehead atoms. The van der Waals surface area contributed by atoms with Crippen LogP contribution in [0.5, 0.6) is 11.5 Å². The molecule has 3 rings (SSSR count). The molecule has 0 aliphatic heterocycles. The van der Waals surface area contributed by atoms with Crippen LogP contribution in [-0.2, 0) is 21.4 Å². The van der Waals surface area contributed by atoms with E-state index in [-0.39, 0.29) is 17.4 Å². The van der Waals surface area contributed by atoms with Crippen LogP contribution in [0.2, 0.25) is 0 Å². The van der Waals surface area contributed by atoms with E-state index in [0.717, 1.165) is 5.56 Å². The van der Waals surface area contributed by atoms with Crippen molar-refractivity contribution in [2.75, 3.05) is 6.61 Å². The number of primary sulfonamides is 1. The Morgan fingerprint density at radius 1 is 0.935 bits per heavy atom. The van der Waals surface area contributed by atoms with Crippen molar-refractivity contribution in [3.05, 3.63) is 90.0 Å². The van der Waals surface area contributed by atoms with Crippen LogP contribution in [-0.4, -0.2) is 20.9 Å². The summed E-state index contributed by atoms with van der Waals surface area (Å²) in [4.78, 5) is 12.2. The summed E-state index contributed by atoms with van der Waals surface area (Å²) in [6.07, 6.45) is 0. The summed E-state index contributed by atoms with van der Waals surface area (Å²) in [5.41, 5.74) is 1.70. The Bertz CT molecular complexity index is 1120. The van der Waals surface area contributed by atoms with Crippen molar-refractivity contribution in [3.8, 4) is 11.5 Å². The van der Waals surface area contributed by atoms with Crippen molar-refractivity contribution in [2.24, 2.45) is 5.14 Å². The molecular weight excluding hydrogens is 416 g/mol. The van der Waals surface area contributed by atoms with Crippen molar-refractivity contribution >= 4 is 15.9 Å². The third-order valence-corrected chi connectivity index (χ3v) is 5.42. The molecule has 3 aromatic carbocycles. The van der Waals surface area contributed by atoms with Crippen molar-refractivity contribution in [1.29, 1.82) is 0 Å². The van der Waals surface area contributed by atoms with E-state index in [0.29, 0.717) is 23.7 Å². The van der Waals surface area contributed by atoms with E-state index in [1.807, 2.05) is 30.3 Å². The van der Waals surface area contributed by atoms with Gasteiger partial charge in [0.2, 0.25) is 10.0 Å². The molecule has 0 fully saturated rings. The molecule has 8 heteroatoms. The van der Waals surface area contributed by atoms with Gasteiger partial charge in [0, 0.05) is 0 Å². The van der Waals surface area contributed by atoms with Crippen LogP contribution in [0.25, 0.3) is 0 Å². The Kier molecular flexibility index (Phi) is 7.28. The van der Waals surface area contributed by atoms with E-state index in [1.54, 1.807) is 43.3 Å². The number of carbonyl (C=O) groups is 1. The molecule has 0 radical (unpaired) electrons. The number of nitrogens with one attached hydrogen (secondary N) is 1. The van der Waals surface area contributed by atoms with Gasteiger partial charge in [0.1, 0.15) is 18.1 Å². The number of rotatable bonds is 9. The fraction of sp³-hybridized carbons (Fsp3) is 0.174. The van der Waals surface area contributed by atoms with Crippen LogP contribution < -0.4 is 19.9 Å². The minimum atomic E-state index is -3.80. The Hall–Kier alpha value is -3.36. The fourth-order valence-electron chi connectivity index (χ4n) is 2.85. The quantitative estimate of drug-likeness (QED) is 0.531. The molecule has 1 unspecified atom stereocenters. The first-order valence-electron chi connectivity index (χ1n) is 9.63. The van der Waals surface area contributed by atoms with Crippen LogP contribution >= 0.6 is 0 Å². The van der Waals surface area contributed by atoms with Gasteiger partial charge in [0.05, 0.1) is 10.9 Å². The topological polar surface area (TPSA) is 108 Å². The lowest BCUT2D eigenvalue weighted by Crippen LogP contribution is -2.31. The monoisotopic (exact) mass is 440 g/mol. The van der Waals surface area contributed by atoms with Gasteiger partial charge in [-0.15, -0.1) is 0 Å². The largest absolute Gasteiger partial charge is 0.489 e. The maximum atomic E-state index is 12.2. The highest BCUT2D eigenvalue weighted by Gasteiger charge is 2.14. The van der Waals surface area contributed by atoms with Gasteiger partial charge in [-0.2, -0.15) is 0 Å². The summed E-state index contributed by atoms with van der Waals surface area (Å²) < 4.78 is 34.2. The summed E-state index contributed by atoms with van der Waals surface area (Å²) in [6.45, 7) is 2.04. The summed E-state index contributed by atoms with van der Waals surface area (Å²) >= 11 is 0. The molecule has 31 heavy (non-hydrogen) atoms. The van der Waals surface area contributed by atoms with E-state index < -0.39 is 16.1 Å². The van der Waals surface area contributed by atoms with E-state index in [4.69, 9.17) is 14.6 Å². The third kappa shape index (κ3) is 6.84. The van der Waals surface area contributed by atoms with Crippen molar-refractivity contribution in [1.82, 2.24) is 5.32 Å². The number of sulfonamides is 1. The summed E-state index contributed by atoms with van der Waals surface area (Å²) in [7, 11) is -3.80. The van der Waals surface area contributed by atoms with Gasteiger partial charge >= 0.3 is 0 Å². The molecule has 162 valence electrons. The van der Waals surface area contributed by atoms with Crippen LogP contribution in [0.4, 0.5) is 0 Å². The number of carbonyl (C=O) groups excluding carboxylic acids is 1. The van der Waals surface area contributed by atoms with Crippen LogP contribution in [0.1, 0.15) is 24.1 Å². The minimum Gasteiger partial charge on any atom is -0.489 e. The van der Waals surface area contributed by atoms with Gasteiger partial charge in [-0.25, -0.2) is 13.6 Å². The van der Waals surface area contributed by atoms with Gasteiger partial charge < -0.3 is 14.8 Å². The van der Waals surface area contributed by atoms with Gasteiger partial charge in [0.15, 0.2) is 6.61 Å². The summed E-state index contributed by atoms with van der Waals surface area (Å²) in [5, 5.41) is 7.92. The van der Waals surface area contributed by atoms with E-state index in [9.17, 15) is 13.2 Å². The number of benzene rings is 3. The van der Waals surface area contributed by atoms with Gasteiger partial charge in [-0.3, -0.25) is 4.79 Å². The fourth-order valence-corrected chi connectivity index (χ4v) is 3.42. The number of nitrogens with two attached hydrogens (primary N) is 1. The zero-order chi connectivity index (χ0) is 22.3. The third-order valence-electron chi connectivity index (χ3n) is 4.51. The van der Waals surface area contributed by atoms with Gasteiger partial charge in [-0.05, 0) is 54.4 Å². The van der Waals surface area contributed by atoms with Crippen molar-refractivity contribution in [2.45, 2.75) is 24.5 Å². The first kappa shape index (κ1) is 22.3. The molecule has 3 N–H and O–H groups in total. The molecular formula is C23H24N2O5S. The zero-order valence-electron chi connectivity index (χ0n) is 17.0. The molecule has 0 spiro atoms. The van der Waals surface area contributed by atoms with E-state index in [2.05, 4.69) is 5.32 Å². The molecule has 0 aromatic heterocycles. The Balaban J connectivity index is 1.48. The summed E-state index contributed by atoms with van der Waals surface area (Å²) in [6, 6.07) is 22.6. The highest BCUT2D eigenvalue weighted by atomic mass is 32.2. The molecule has 1 atom stereocenters. The maximum Gasteiger partial charge on any atom is 0.258 e. The van der Waals surface area contributed by atoms with Gasteiger partial charge in [0.25, 0.3) is 5.91 Å². The molecule has 0 saturated heterocycles. The molecule has 0 aliphatic rings. The van der Waals surface area contributed by atoms with Crippen molar-refractivity contribution in [3.63, 3.8) is 0 Å². The highest BCUT2D eigenvalue weighted by molar-refractivity contribution is 7.89. The lowest BCUT2D eigenvalue weighted by molar-refractivity contribution is -0.123. The molecule has 0 heterocycles. The summed E-state index contributed by atoms with van der Waals surface area (Å²) in [5.74, 6) is 0.896.